The number of hydrogen-bond donors (Lipinski definition) is 0. The summed E-state index contributed by atoms with van der Waals surface area (Å²) in [6.07, 6.45) is 0.328. The first-order chi connectivity index (χ1) is 18.4. The Hall–Kier alpha value is -3.94. The molecule has 0 saturated heterocycles. The van der Waals surface area contributed by atoms with E-state index >= 15 is 0 Å². The van der Waals surface area contributed by atoms with Gasteiger partial charge in [-0.2, -0.15) is 0 Å². The number of nitrogens with zero attached hydrogens (tertiary/aromatic N) is 1. The number of allylic oxidation sites excluding steroid dienone is 1. The Bertz CT molecular complexity index is 1300. The lowest BCUT2D eigenvalue weighted by molar-refractivity contribution is -0.153. The van der Waals surface area contributed by atoms with Crippen molar-refractivity contribution in [3.63, 3.8) is 0 Å². The highest BCUT2D eigenvalue weighted by Crippen LogP contribution is 2.49. The van der Waals surface area contributed by atoms with Crippen LogP contribution in [0.2, 0.25) is 0 Å². The standard InChI is InChI=1S/C30H33NO7/c1-6-37-29(33)24-17(3)31-22-16-21(20-13-8-9-14-23(20)36-5)26(30(34)38-7-2)28(32)27(22)25(24)18-11-10-12-19(15-18)35-4/h8-15,21,25-27H,6-7,16H2,1-5H3/t21-,25+,26+,27?/m0/s1. The van der Waals surface area contributed by atoms with Crippen LogP contribution in [-0.4, -0.2) is 50.9 Å². The van der Waals surface area contributed by atoms with Crippen LogP contribution in [0.1, 0.15) is 50.2 Å². The first kappa shape index (κ1) is 27.1. The maximum absolute atomic E-state index is 14.4. The lowest BCUT2D eigenvalue weighted by atomic mass is 9.62. The van der Waals surface area contributed by atoms with Crippen molar-refractivity contribution in [3.8, 4) is 11.5 Å². The minimum absolute atomic E-state index is 0.138. The molecular formula is C30H33NO7. The lowest BCUT2D eigenvalue weighted by Gasteiger charge is -2.41. The number of benzene rings is 2. The first-order valence-electron chi connectivity index (χ1n) is 12.8. The number of Topliss-reactive ketones (excluding diaryl/α,β-unsaturated/α-hetero) is 1. The van der Waals surface area contributed by atoms with Crippen molar-refractivity contribution < 1.29 is 33.3 Å². The quantitative estimate of drug-likeness (QED) is 0.370. The minimum atomic E-state index is -1.09. The predicted molar refractivity (Wildman–Crippen MR) is 141 cm³/mol. The molecule has 0 radical (unpaired) electrons. The van der Waals surface area contributed by atoms with Crippen molar-refractivity contribution in [1.29, 1.82) is 0 Å². The Morgan fingerprint density at radius 1 is 0.947 bits per heavy atom. The number of fused-ring (bicyclic) bond motifs is 1. The van der Waals surface area contributed by atoms with E-state index in [0.717, 1.165) is 5.56 Å². The zero-order valence-electron chi connectivity index (χ0n) is 22.4. The molecule has 200 valence electrons. The van der Waals surface area contributed by atoms with Crippen molar-refractivity contribution in [2.75, 3.05) is 27.4 Å². The van der Waals surface area contributed by atoms with Crippen LogP contribution in [0.5, 0.6) is 11.5 Å². The van der Waals surface area contributed by atoms with Gasteiger partial charge >= 0.3 is 11.9 Å². The van der Waals surface area contributed by atoms with E-state index in [1.807, 2.05) is 30.3 Å². The molecule has 2 aromatic carbocycles. The summed E-state index contributed by atoms with van der Waals surface area (Å²) in [7, 11) is 3.11. The van der Waals surface area contributed by atoms with Crippen LogP contribution in [0.15, 0.2) is 64.8 Å². The number of ketones is 1. The maximum atomic E-state index is 14.4. The minimum Gasteiger partial charge on any atom is -0.497 e. The number of aliphatic imine (C=N–C) groups is 1. The molecule has 0 amide bonds. The van der Waals surface area contributed by atoms with Gasteiger partial charge in [-0.05, 0) is 56.5 Å². The third kappa shape index (κ3) is 4.95. The number of methoxy groups -OCH3 is 2. The smallest absolute Gasteiger partial charge is 0.336 e. The number of hydrogen-bond acceptors (Lipinski definition) is 8. The normalized spacial score (nSPS) is 22.8. The molecule has 1 heterocycles. The largest absolute Gasteiger partial charge is 0.497 e. The number of ether oxygens (including phenoxy) is 4. The van der Waals surface area contributed by atoms with Crippen LogP contribution in [-0.2, 0) is 23.9 Å². The van der Waals surface area contributed by atoms with Crippen molar-refractivity contribution in [3.05, 3.63) is 70.9 Å². The van der Waals surface area contributed by atoms with E-state index in [4.69, 9.17) is 23.9 Å². The lowest BCUT2D eigenvalue weighted by Crippen LogP contribution is -2.48. The molecule has 1 fully saturated rings. The first-order valence-corrected chi connectivity index (χ1v) is 12.8. The zero-order valence-corrected chi connectivity index (χ0v) is 22.4. The molecule has 4 rings (SSSR count). The molecule has 0 bridgehead atoms. The Labute approximate surface area is 222 Å². The predicted octanol–water partition coefficient (Wildman–Crippen LogP) is 4.63. The van der Waals surface area contributed by atoms with Gasteiger partial charge in [0.15, 0.2) is 5.78 Å². The van der Waals surface area contributed by atoms with Crippen LogP contribution >= 0.6 is 0 Å². The van der Waals surface area contributed by atoms with E-state index in [-0.39, 0.29) is 19.0 Å². The number of carbonyl (C=O) groups is 3. The number of para-hydroxylation sites is 1. The van der Waals surface area contributed by atoms with Gasteiger partial charge in [0, 0.05) is 23.2 Å². The van der Waals surface area contributed by atoms with Gasteiger partial charge in [-0.3, -0.25) is 14.6 Å². The highest BCUT2D eigenvalue weighted by atomic mass is 16.5. The van der Waals surface area contributed by atoms with Crippen LogP contribution < -0.4 is 9.47 Å². The Morgan fingerprint density at radius 3 is 2.37 bits per heavy atom. The summed E-state index contributed by atoms with van der Waals surface area (Å²) in [6, 6.07) is 14.6. The van der Waals surface area contributed by atoms with Crippen molar-refractivity contribution >= 4 is 23.4 Å². The van der Waals surface area contributed by atoms with E-state index < -0.39 is 35.6 Å². The fraction of sp³-hybridized carbons (Fsp3) is 0.400. The van der Waals surface area contributed by atoms with Crippen molar-refractivity contribution in [1.82, 2.24) is 0 Å². The summed E-state index contributed by atoms with van der Waals surface area (Å²) in [5, 5.41) is 0. The zero-order chi connectivity index (χ0) is 27.4. The average molecular weight is 520 g/mol. The summed E-state index contributed by atoms with van der Waals surface area (Å²) >= 11 is 0. The number of esters is 2. The van der Waals surface area contributed by atoms with E-state index in [1.165, 1.54) is 0 Å². The second kappa shape index (κ2) is 11.6. The molecule has 1 aliphatic carbocycles. The second-order valence-corrected chi connectivity index (χ2v) is 9.24. The molecule has 1 aliphatic heterocycles. The molecule has 8 nitrogen and oxygen atoms in total. The summed E-state index contributed by atoms with van der Waals surface area (Å²) in [4.78, 5) is 45.7. The Kier molecular flexibility index (Phi) is 8.29. The third-order valence-electron chi connectivity index (χ3n) is 7.18. The molecule has 1 saturated carbocycles. The van der Waals surface area contributed by atoms with Crippen molar-refractivity contribution in [2.45, 2.75) is 39.0 Å². The van der Waals surface area contributed by atoms with Gasteiger partial charge in [-0.15, -0.1) is 0 Å². The number of rotatable bonds is 8. The highest BCUT2D eigenvalue weighted by Gasteiger charge is 2.53. The SMILES string of the molecule is CCOC(=O)C1=C(C)N=C2C[C@@H](c3ccccc3OC)[C@@H](C(=O)OCC)C(=O)C2[C@@H]1c1cccc(OC)c1. The van der Waals surface area contributed by atoms with E-state index in [1.54, 1.807) is 53.2 Å². The fourth-order valence-corrected chi connectivity index (χ4v) is 5.62. The van der Waals surface area contributed by atoms with E-state index in [2.05, 4.69) is 0 Å². The van der Waals surface area contributed by atoms with Gasteiger partial charge in [0.1, 0.15) is 17.4 Å². The molecule has 2 aromatic rings. The number of carbonyl (C=O) groups excluding carboxylic acids is 3. The molecule has 38 heavy (non-hydrogen) atoms. The Morgan fingerprint density at radius 2 is 1.68 bits per heavy atom. The maximum Gasteiger partial charge on any atom is 0.336 e. The second-order valence-electron chi connectivity index (χ2n) is 9.24. The molecule has 0 aromatic heterocycles. The molecule has 0 spiro atoms. The summed E-state index contributed by atoms with van der Waals surface area (Å²) in [6.45, 7) is 5.51. The van der Waals surface area contributed by atoms with Crippen LogP contribution in [0.3, 0.4) is 0 Å². The van der Waals surface area contributed by atoms with E-state index in [0.29, 0.717) is 40.5 Å². The monoisotopic (exact) mass is 519 g/mol. The van der Waals surface area contributed by atoms with Crippen LogP contribution in [0.4, 0.5) is 0 Å². The van der Waals surface area contributed by atoms with Crippen LogP contribution in [0, 0.1) is 11.8 Å². The fourth-order valence-electron chi connectivity index (χ4n) is 5.62. The van der Waals surface area contributed by atoms with E-state index in [9.17, 15) is 14.4 Å². The molecule has 4 atom stereocenters. The molecule has 2 aliphatic rings. The summed E-state index contributed by atoms with van der Waals surface area (Å²) in [5.74, 6) is -3.46. The Balaban J connectivity index is 1.92. The summed E-state index contributed by atoms with van der Waals surface area (Å²) in [5.41, 5.74) is 2.85. The molecular weight excluding hydrogens is 486 g/mol. The van der Waals surface area contributed by atoms with Gasteiger partial charge in [-0.25, -0.2) is 4.79 Å². The van der Waals surface area contributed by atoms with Gasteiger partial charge < -0.3 is 18.9 Å². The molecule has 0 N–H and O–H groups in total. The van der Waals surface area contributed by atoms with Gasteiger partial charge in [0.25, 0.3) is 0 Å². The van der Waals surface area contributed by atoms with Gasteiger partial charge in [-0.1, -0.05) is 30.3 Å². The summed E-state index contributed by atoms with van der Waals surface area (Å²) < 4.78 is 21.8. The van der Waals surface area contributed by atoms with Crippen LogP contribution in [0.25, 0.3) is 0 Å². The average Bonchev–Trinajstić information content (AvgIpc) is 2.92. The van der Waals surface area contributed by atoms with Gasteiger partial charge in [0.2, 0.25) is 0 Å². The highest BCUT2D eigenvalue weighted by molar-refractivity contribution is 6.18. The topological polar surface area (TPSA) is 100 Å². The molecule has 8 heteroatoms. The van der Waals surface area contributed by atoms with Crippen molar-refractivity contribution in [2.24, 2.45) is 16.8 Å². The third-order valence-corrected chi connectivity index (χ3v) is 7.18. The van der Waals surface area contributed by atoms with Gasteiger partial charge in [0.05, 0.1) is 38.9 Å². The molecule has 1 unspecified atom stereocenters.